The van der Waals surface area contributed by atoms with Gasteiger partial charge in [0.1, 0.15) is 0 Å². The minimum atomic E-state index is -0.816. The Morgan fingerprint density at radius 1 is 1.32 bits per heavy atom. The van der Waals surface area contributed by atoms with E-state index < -0.39 is 11.6 Å². The second-order valence-corrected chi connectivity index (χ2v) is 5.61. The van der Waals surface area contributed by atoms with Crippen LogP contribution in [0.2, 0.25) is 0 Å². The van der Waals surface area contributed by atoms with Gasteiger partial charge in [0.25, 0.3) is 0 Å². The van der Waals surface area contributed by atoms with Crippen molar-refractivity contribution in [3.8, 4) is 0 Å². The summed E-state index contributed by atoms with van der Waals surface area (Å²) in [4.78, 5) is 0. The summed E-state index contributed by atoms with van der Waals surface area (Å²) in [6, 6.07) is 3.97. The molecule has 2 rings (SSSR count). The number of halogens is 2. The smallest absolute Gasteiger partial charge is 0.163 e. The maximum Gasteiger partial charge on any atom is 0.163 e. The number of hydrogen-bond donors (Lipinski definition) is 2. The van der Waals surface area contributed by atoms with Crippen LogP contribution in [0.4, 0.5) is 8.78 Å². The molecule has 0 heterocycles. The van der Waals surface area contributed by atoms with Crippen LogP contribution < -0.4 is 5.32 Å². The van der Waals surface area contributed by atoms with Crippen LogP contribution in [0.5, 0.6) is 0 Å². The highest BCUT2D eigenvalue weighted by atomic mass is 19.2. The Morgan fingerprint density at radius 2 is 2.00 bits per heavy atom. The van der Waals surface area contributed by atoms with E-state index in [9.17, 15) is 13.9 Å². The average molecular weight is 269 g/mol. The van der Waals surface area contributed by atoms with E-state index in [4.69, 9.17) is 0 Å². The molecule has 2 N–H and O–H groups in total. The van der Waals surface area contributed by atoms with Gasteiger partial charge in [-0.05, 0) is 25.8 Å². The third-order valence-corrected chi connectivity index (χ3v) is 4.23. The first-order valence-electron chi connectivity index (χ1n) is 6.86. The Balaban J connectivity index is 2.01. The molecule has 0 saturated heterocycles. The van der Waals surface area contributed by atoms with Gasteiger partial charge in [0.2, 0.25) is 0 Å². The van der Waals surface area contributed by atoms with Gasteiger partial charge in [0.05, 0.1) is 0 Å². The lowest BCUT2D eigenvalue weighted by molar-refractivity contribution is 0.125. The molecule has 1 aliphatic carbocycles. The molecule has 0 amide bonds. The summed E-state index contributed by atoms with van der Waals surface area (Å²) in [5, 5.41) is 12.8. The highest BCUT2D eigenvalue weighted by Gasteiger charge is 2.33. The second-order valence-electron chi connectivity index (χ2n) is 5.61. The average Bonchev–Trinajstić information content (AvgIpc) is 2.89. The molecule has 1 aliphatic rings. The highest BCUT2D eigenvalue weighted by Crippen LogP contribution is 2.37. The zero-order valence-electron chi connectivity index (χ0n) is 11.3. The van der Waals surface area contributed by atoms with E-state index >= 15 is 0 Å². The first kappa shape index (κ1) is 14.4. The molecule has 1 saturated carbocycles. The van der Waals surface area contributed by atoms with Crippen molar-refractivity contribution in [3.05, 3.63) is 35.4 Å². The molecule has 19 heavy (non-hydrogen) atoms. The van der Waals surface area contributed by atoms with Gasteiger partial charge in [-0.2, -0.15) is 0 Å². The highest BCUT2D eigenvalue weighted by molar-refractivity contribution is 5.22. The minimum Gasteiger partial charge on any atom is -0.396 e. The number of hydrogen-bond acceptors (Lipinski definition) is 2. The molecule has 1 aromatic rings. The second kappa shape index (κ2) is 5.97. The lowest BCUT2D eigenvalue weighted by Crippen LogP contribution is -2.36. The number of nitrogens with one attached hydrogen (secondary N) is 1. The summed E-state index contributed by atoms with van der Waals surface area (Å²) in [7, 11) is 0. The number of aliphatic hydroxyl groups excluding tert-OH is 1. The fourth-order valence-corrected chi connectivity index (χ4v) is 2.85. The van der Waals surface area contributed by atoms with Gasteiger partial charge < -0.3 is 10.4 Å². The van der Waals surface area contributed by atoms with Crippen molar-refractivity contribution in [2.24, 2.45) is 5.41 Å². The number of rotatable bonds is 5. The van der Waals surface area contributed by atoms with Gasteiger partial charge >= 0.3 is 0 Å². The van der Waals surface area contributed by atoms with Crippen LogP contribution in [0.1, 0.15) is 44.2 Å². The van der Waals surface area contributed by atoms with Gasteiger partial charge in [-0.15, -0.1) is 0 Å². The Bertz CT molecular complexity index is 430. The molecule has 1 fully saturated rings. The van der Waals surface area contributed by atoms with Crippen molar-refractivity contribution in [2.75, 3.05) is 13.2 Å². The van der Waals surface area contributed by atoms with Crippen molar-refractivity contribution in [2.45, 2.75) is 38.6 Å². The quantitative estimate of drug-likeness (QED) is 0.860. The van der Waals surface area contributed by atoms with Crippen molar-refractivity contribution < 1.29 is 13.9 Å². The lowest BCUT2D eigenvalue weighted by atomic mass is 9.87. The molecule has 0 spiro atoms. The van der Waals surface area contributed by atoms with Gasteiger partial charge in [-0.3, -0.25) is 0 Å². The molecule has 106 valence electrons. The standard InChI is InChI=1S/C15H21F2NO/c1-11(12-5-4-6-13(16)14(12)17)18-9-15(10-19)7-2-3-8-15/h4-6,11,18-19H,2-3,7-10H2,1H3. The maximum atomic E-state index is 13.7. The topological polar surface area (TPSA) is 32.3 Å². The SMILES string of the molecule is CC(NCC1(CO)CCCC1)c1cccc(F)c1F. The fraction of sp³-hybridized carbons (Fsp3) is 0.600. The normalized spacial score (nSPS) is 19.6. The zero-order valence-corrected chi connectivity index (χ0v) is 11.3. The van der Waals surface area contributed by atoms with Crippen LogP contribution in [0.25, 0.3) is 0 Å². The third kappa shape index (κ3) is 3.12. The summed E-state index contributed by atoms with van der Waals surface area (Å²) in [5.41, 5.74) is 0.254. The van der Waals surface area contributed by atoms with Crippen LogP contribution in [0.3, 0.4) is 0 Å². The molecule has 0 aromatic heterocycles. The zero-order chi connectivity index (χ0) is 13.9. The number of benzene rings is 1. The van der Waals surface area contributed by atoms with E-state index in [0.717, 1.165) is 31.7 Å². The summed E-state index contributed by atoms with van der Waals surface area (Å²) in [6.07, 6.45) is 4.25. The first-order valence-corrected chi connectivity index (χ1v) is 6.86. The Hall–Kier alpha value is -1.00. The van der Waals surface area contributed by atoms with Crippen LogP contribution >= 0.6 is 0 Å². The molecule has 0 bridgehead atoms. The van der Waals surface area contributed by atoms with Crippen molar-refractivity contribution >= 4 is 0 Å². The maximum absolute atomic E-state index is 13.7. The van der Waals surface area contributed by atoms with E-state index in [-0.39, 0.29) is 18.1 Å². The molecule has 2 nitrogen and oxygen atoms in total. The predicted octanol–water partition coefficient (Wildman–Crippen LogP) is 3.17. The van der Waals surface area contributed by atoms with Gasteiger partial charge in [-0.25, -0.2) is 8.78 Å². The van der Waals surface area contributed by atoms with Crippen LogP contribution in [-0.4, -0.2) is 18.3 Å². The molecular weight excluding hydrogens is 248 g/mol. The molecule has 1 aromatic carbocycles. The van der Waals surface area contributed by atoms with Gasteiger partial charge in [0.15, 0.2) is 11.6 Å². The fourth-order valence-electron chi connectivity index (χ4n) is 2.85. The van der Waals surface area contributed by atoms with Gasteiger partial charge in [-0.1, -0.05) is 25.0 Å². The predicted molar refractivity (Wildman–Crippen MR) is 70.8 cm³/mol. The largest absolute Gasteiger partial charge is 0.396 e. The van der Waals surface area contributed by atoms with E-state index in [0.29, 0.717) is 12.1 Å². The van der Waals surface area contributed by atoms with E-state index in [2.05, 4.69) is 5.32 Å². The van der Waals surface area contributed by atoms with Crippen LogP contribution in [-0.2, 0) is 0 Å². The molecule has 0 aliphatic heterocycles. The van der Waals surface area contributed by atoms with Crippen LogP contribution in [0, 0.1) is 17.0 Å². The Labute approximate surface area is 112 Å². The van der Waals surface area contributed by atoms with Gasteiger partial charge in [0, 0.05) is 30.2 Å². The molecule has 4 heteroatoms. The van der Waals surface area contributed by atoms with E-state index in [1.807, 2.05) is 6.92 Å². The molecular formula is C15H21F2NO. The van der Waals surface area contributed by atoms with Crippen molar-refractivity contribution in [1.82, 2.24) is 5.32 Å². The summed E-state index contributed by atoms with van der Waals surface area (Å²) < 4.78 is 26.8. The first-order chi connectivity index (χ1) is 9.08. The lowest BCUT2D eigenvalue weighted by Gasteiger charge is -2.29. The summed E-state index contributed by atoms with van der Waals surface area (Å²) >= 11 is 0. The Kier molecular flexibility index (Phi) is 4.53. The summed E-state index contributed by atoms with van der Waals surface area (Å²) in [5.74, 6) is -1.60. The van der Waals surface area contributed by atoms with Crippen molar-refractivity contribution in [1.29, 1.82) is 0 Å². The monoisotopic (exact) mass is 269 g/mol. The van der Waals surface area contributed by atoms with E-state index in [1.54, 1.807) is 6.07 Å². The third-order valence-electron chi connectivity index (χ3n) is 4.23. The van der Waals surface area contributed by atoms with Crippen LogP contribution in [0.15, 0.2) is 18.2 Å². The molecule has 0 radical (unpaired) electrons. The van der Waals surface area contributed by atoms with Crippen molar-refractivity contribution in [3.63, 3.8) is 0 Å². The molecule has 1 atom stereocenters. The molecule has 1 unspecified atom stereocenters. The minimum absolute atomic E-state index is 0.0853. The van der Waals surface area contributed by atoms with E-state index in [1.165, 1.54) is 6.07 Å². The number of aliphatic hydroxyl groups is 1. The summed E-state index contributed by atoms with van der Waals surface area (Å²) in [6.45, 7) is 2.61. The Morgan fingerprint density at radius 3 is 2.63 bits per heavy atom.